The fourth-order valence-corrected chi connectivity index (χ4v) is 3.94. The highest BCUT2D eigenvalue weighted by Crippen LogP contribution is 2.29. The standard InChI is InChI=1S/C18H22N4O/c1-21-13-6-5-7-14(21)11-12(10-13)19-18(23)17-15-8-3-4-9-16(15)22(2)20-17/h3-6,8-9,12-14H,7,10-11H2,1-2H3,(H,19,23)/t12-,13+,14-/m1/s1. The summed E-state index contributed by atoms with van der Waals surface area (Å²) < 4.78 is 1.77. The second kappa shape index (κ2) is 5.49. The van der Waals surface area contributed by atoms with Gasteiger partial charge in [-0.3, -0.25) is 14.4 Å². The average molecular weight is 310 g/mol. The van der Waals surface area contributed by atoms with E-state index in [9.17, 15) is 4.79 Å². The zero-order valence-corrected chi connectivity index (χ0v) is 13.6. The molecule has 1 fully saturated rings. The van der Waals surface area contributed by atoms with E-state index in [1.165, 1.54) is 0 Å². The first-order valence-electron chi connectivity index (χ1n) is 8.24. The van der Waals surface area contributed by atoms with Crippen molar-refractivity contribution >= 4 is 16.8 Å². The molecule has 5 heteroatoms. The minimum absolute atomic E-state index is 0.0570. The van der Waals surface area contributed by atoms with Gasteiger partial charge in [0.2, 0.25) is 0 Å². The van der Waals surface area contributed by atoms with E-state index in [0.717, 1.165) is 30.2 Å². The topological polar surface area (TPSA) is 50.2 Å². The van der Waals surface area contributed by atoms with Crippen LogP contribution >= 0.6 is 0 Å². The van der Waals surface area contributed by atoms with Gasteiger partial charge >= 0.3 is 0 Å². The lowest BCUT2D eigenvalue weighted by atomic mass is 9.86. The van der Waals surface area contributed by atoms with Crippen LogP contribution in [-0.4, -0.2) is 45.8 Å². The Kier molecular flexibility index (Phi) is 3.45. The number of fused-ring (bicyclic) bond motifs is 3. The molecule has 1 saturated heterocycles. The van der Waals surface area contributed by atoms with Crippen LogP contribution in [0.1, 0.15) is 29.8 Å². The lowest BCUT2D eigenvalue weighted by Gasteiger charge is -2.44. The number of nitrogens with zero attached hydrogens (tertiary/aromatic N) is 3. The Hall–Kier alpha value is -2.14. The summed E-state index contributed by atoms with van der Waals surface area (Å²) in [6, 6.07) is 9.06. The molecular formula is C18H22N4O. The Morgan fingerprint density at radius 2 is 2.09 bits per heavy atom. The molecule has 0 radical (unpaired) electrons. The molecule has 2 aliphatic heterocycles. The number of hydrogen-bond acceptors (Lipinski definition) is 3. The highest BCUT2D eigenvalue weighted by molar-refractivity contribution is 6.04. The number of nitrogens with one attached hydrogen (secondary N) is 1. The molecule has 5 nitrogen and oxygen atoms in total. The summed E-state index contributed by atoms with van der Waals surface area (Å²) in [6.07, 6.45) is 7.60. The van der Waals surface area contributed by atoms with Crippen molar-refractivity contribution in [2.75, 3.05) is 7.05 Å². The molecule has 1 aromatic heterocycles. The summed E-state index contributed by atoms with van der Waals surface area (Å²) in [6.45, 7) is 0. The van der Waals surface area contributed by atoms with Crippen molar-refractivity contribution < 1.29 is 4.79 Å². The largest absolute Gasteiger partial charge is 0.348 e. The quantitative estimate of drug-likeness (QED) is 0.864. The smallest absolute Gasteiger partial charge is 0.272 e. The number of carbonyl (C=O) groups is 1. The molecule has 23 heavy (non-hydrogen) atoms. The molecule has 1 aromatic carbocycles. The van der Waals surface area contributed by atoms with Gasteiger partial charge in [-0.05, 0) is 32.4 Å². The molecule has 4 rings (SSSR count). The first-order chi connectivity index (χ1) is 11.1. The third kappa shape index (κ3) is 2.45. The minimum atomic E-state index is -0.0570. The normalized spacial score (nSPS) is 27.3. The molecule has 1 N–H and O–H groups in total. The first kappa shape index (κ1) is 14.5. The number of hydrogen-bond donors (Lipinski definition) is 1. The van der Waals surface area contributed by atoms with Gasteiger partial charge in [0, 0.05) is 30.6 Å². The molecule has 3 atom stereocenters. The van der Waals surface area contributed by atoms with Crippen molar-refractivity contribution in [3.63, 3.8) is 0 Å². The number of carbonyl (C=O) groups excluding carboxylic acids is 1. The van der Waals surface area contributed by atoms with Crippen LogP contribution in [0.4, 0.5) is 0 Å². The van der Waals surface area contributed by atoms with Crippen molar-refractivity contribution in [1.82, 2.24) is 20.0 Å². The Labute approximate surface area is 136 Å². The Morgan fingerprint density at radius 1 is 1.26 bits per heavy atom. The van der Waals surface area contributed by atoms with Gasteiger partial charge in [-0.1, -0.05) is 30.4 Å². The molecule has 2 aromatic rings. The number of piperidine rings is 1. The fraction of sp³-hybridized carbons (Fsp3) is 0.444. The molecule has 2 bridgehead atoms. The van der Waals surface area contributed by atoms with Crippen molar-refractivity contribution in [2.24, 2.45) is 7.05 Å². The fourth-order valence-electron chi connectivity index (χ4n) is 3.94. The van der Waals surface area contributed by atoms with Crippen LogP contribution in [0.3, 0.4) is 0 Å². The number of aryl methyl sites for hydroxylation is 1. The number of amides is 1. The molecule has 2 aliphatic rings. The lowest BCUT2D eigenvalue weighted by Crippen LogP contribution is -2.53. The van der Waals surface area contributed by atoms with Crippen LogP contribution in [0.15, 0.2) is 36.4 Å². The van der Waals surface area contributed by atoms with Gasteiger partial charge in [0.25, 0.3) is 5.91 Å². The van der Waals surface area contributed by atoms with E-state index < -0.39 is 0 Å². The van der Waals surface area contributed by atoms with E-state index in [1.807, 2.05) is 31.3 Å². The monoisotopic (exact) mass is 310 g/mol. The molecule has 0 unspecified atom stereocenters. The van der Waals surface area contributed by atoms with Crippen molar-refractivity contribution in [3.05, 3.63) is 42.1 Å². The summed E-state index contributed by atoms with van der Waals surface area (Å²) >= 11 is 0. The molecule has 0 spiro atoms. The zero-order valence-electron chi connectivity index (χ0n) is 13.6. The molecule has 1 amide bonds. The molecule has 3 heterocycles. The first-order valence-corrected chi connectivity index (χ1v) is 8.24. The van der Waals surface area contributed by atoms with Crippen molar-refractivity contribution in [3.8, 4) is 0 Å². The van der Waals surface area contributed by atoms with E-state index in [1.54, 1.807) is 4.68 Å². The number of aromatic nitrogens is 2. The van der Waals surface area contributed by atoms with Gasteiger partial charge in [0.1, 0.15) is 0 Å². The zero-order chi connectivity index (χ0) is 16.0. The number of benzene rings is 1. The van der Waals surface area contributed by atoms with E-state index >= 15 is 0 Å². The maximum atomic E-state index is 12.7. The van der Waals surface area contributed by atoms with Gasteiger partial charge in [0.15, 0.2) is 5.69 Å². The SMILES string of the molecule is CN1[C@@H]2CC=C[C@H]1C[C@@H](NC(=O)c1nn(C)c3ccccc13)C2. The van der Waals surface area contributed by atoms with Gasteiger partial charge in [-0.2, -0.15) is 5.10 Å². The number of rotatable bonds is 2. The number of likely N-dealkylation sites (N-methyl/N-ethyl adjacent to an activating group) is 1. The summed E-state index contributed by atoms with van der Waals surface area (Å²) in [5, 5.41) is 8.55. The highest BCUT2D eigenvalue weighted by atomic mass is 16.2. The maximum absolute atomic E-state index is 12.7. The Bertz CT molecular complexity index is 778. The van der Waals surface area contributed by atoms with Crippen LogP contribution in [0.25, 0.3) is 10.9 Å². The lowest BCUT2D eigenvalue weighted by molar-refractivity contribution is 0.0818. The van der Waals surface area contributed by atoms with Crippen LogP contribution in [0.5, 0.6) is 0 Å². The summed E-state index contributed by atoms with van der Waals surface area (Å²) in [5.41, 5.74) is 1.52. The van der Waals surface area contributed by atoms with Gasteiger partial charge in [0.05, 0.1) is 5.52 Å². The average Bonchev–Trinajstić information content (AvgIpc) is 2.86. The second-order valence-electron chi connectivity index (χ2n) is 6.68. The van der Waals surface area contributed by atoms with Crippen LogP contribution in [0.2, 0.25) is 0 Å². The van der Waals surface area contributed by atoms with Gasteiger partial charge in [-0.25, -0.2) is 0 Å². The van der Waals surface area contributed by atoms with E-state index in [2.05, 4.69) is 34.5 Å². The van der Waals surface area contributed by atoms with Gasteiger partial charge < -0.3 is 5.32 Å². The molecule has 0 aliphatic carbocycles. The van der Waals surface area contributed by atoms with E-state index in [4.69, 9.17) is 0 Å². The predicted octanol–water partition coefficient (Wildman–Crippen LogP) is 2.09. The van der Waals surface area contributed by atoms with Crippen LogP contribution < -0.4 is 5.32 Å². The van der Waals surface area contributed by atoms with Crippen LogP contribution in [0, 0.1) is 0 Å². The van der Waals surface area contributed by atoms with E-state index in [-0.39, 0.29) is 11.9 Å². The summed E-state index contributed by atoms with van der Waals surface area (Å²) in [7, 11) is 4.06. The Balaban J connectivity index is 1.55. The minimum Gasteiger partial charge on any atom is -0.348 e. The summed E-state index contributed by atoms with van der Waals surface area (Å²) in [5.74, 6) is -0.0570. The third-order valence-corrected chi connectivity index (χ3v) is 5.26. The van der Waals surface area contributed by atoms with Crippen molar-refractivity contribution in [2.45, 2.75) is 37.4 Å². The number of para-hydroxylation sites is 1. The second-order valence-corrected chi connectivity index (χ2v) is 6.68. The third-order valence-electron chi connectivity index (χ3n) is 5.26. The molecule has 0 saturated carbocycles. The maximum Gasteiger partial charge on any atom is 0.272 e. The summed E-state index contributed by atoms with van der Waals surface area (Å²) in [4.78, 5) is 15.2. The van der Waals surface area contributed by atoms with Gasteiger partial charge in [-0.15, -0.1) is 0 Å². The predicted molar refractivity (Wildman–Crippen MR) is 90.3 cm³/mol. The van der Waals surface area contributed by atoms with Crippen molar-refractivity contribution in [1.29, 1.82) is 0 Å². The molecule has 120 valence electrons. The highest BCUT2D eigenvalue weighted by Gasteiger charge is 2.34. The molecular weight excluding hydrogens is 288 g/mol. The van der Waals surface area contributed by atoms with E-state index in [0.29, 0.717) is 17.8 Å². The van der Waals surface area contributed by atoms with Crippen LogP contribution in [-0.2, 0) is 7.05 Å². The Morgan fingerprint density at radius 3 is 2.91 bits per heavy atom.